The van der Waals surface area contributed by atoms with Crippen molar-refractivity contribution in [1.29, 1.82) is 10.5 Å². The van der Waals surface area contributed by atoms with Crippen molar-refractivity contribution in [3.8, 4) is 23.3 Å². The van der Waals surface area contributed by atoms with Crippen LogP contribution in [0.1, 0.15) is 23.6 Å². The highest BCUT2D eigenvalue weighted by molar-refractivity contribution is 5.93. The van der Waals surface area contributed by atoms with E-state index >= 15 is 0 Å². The van der Waals surface area contributed by atoms with E-state index in [0.29, 0.717) is 11.3 Å². The van der Waals surface area contributed by atoms with Gasteiger partial charge in [-0.1, -0.05) is 37.3 Å². The number of hydrogen-bond donors (Lipinski definition) is 2. The highest BCUT2D eigenvalue weighted by Crippen LogP contribution is 2.33. The molecule has 0 radical (unpaired) electrons. The fourth-order valence-corrected chi connectivity index (χ4v) is 3.19. The van der Waals surface area contributed by atoms with Gasteiger partial charge in [0.05, 0.1) is 34.7 Å². The van der Waals surface area contributed by atoms with Crippen LogP contribution < -0.4 is 10.6 Å². The summed E-state index contributed by atoms with van der Waals surface area (Å²) in [6, 6.07) is 21.3. The first-order chi connectivity index (χ1) is 15.7. The van der Waals surface area contributed by atoms with Gasteiger partial charge in [-0.05, 0) is 42.0 Å². The summed E-state index contributed by atoms with van der Waals surface area (Å²) in [5.74, 6) is -1.05. The summed E-state index contributed by atoms with van der Waals surface area (Å²) in [6.45, 7) is 1.85. The molecule has 0 bridgehead atoms. The Morgan fingerprint density at radius 3 is 2.21 bits per heavy atom. The molecule has 33 heavy (non-hydrogen) atoms. The third-order valence-electron chi connectivity index (χ3n) is 5.00. The van der Waals surface area contributed by atoms with Crippen LogP contribution in [0.3, 0.4) is 0 Å². The van der Waals surface area contributed by atoms with E-state index in [1.807, 2.05) is 36.4 Å². The number of nitriles is 2. The summed E-state index contributed by atoms with van der Waals surface area (Å²) < 4.78 is 39.4. The molecular formula is C25H19F3N4O. The van der Waals surface area contributed by atoms with Gasteiger partial charge in [-0.3, -0.25) is 4.79 Å². The Balaban J connectivity index is 1.69. The lowest BCUT2D eigenvalue weighted by Gasteiger charge is -2.16. The van der Waals surface area contributed by atoms with E-state index in [1.165, 1.54) is 12.1 Å². The zero-order valence-electron chi connectivity index (χ0n) is 17.6. The number of amides is 1. The van der Waals surface area contributed by atoms with Gasteiger partial charge >= 0.3 is 6.18 Å². The van der Waals surface area contributed by atoms with Crippen LogP contribution >= 0.6 is 0 Å². The normalized spacial score (nSPS) is 11.7. The van der Waals surface area contributed by atoms with E-state index in [2.05, 4.69) is 16.7 Å². The third-order valence-corrected chi connectivity index (χ3v) is 5.00. The van der Waals surface area contributed by atoms with Crippen LogP contribution in [-0.4, -0.2) is 12.5 Å². The summed E-state index contributed by atoms with van der Waals surface area (Å²) in [7, 11) is 0. The lowest BCUT2D eigenvalue weighted by Crippen LogP contribution is -2.26. The van der Waals surface area contributed by atoms with Crippen LogP contribution in [0.25, 0.3) is 11.1 Å². The van der Waals surface area contributed by atoms with Crippen molar-refractivity contribution < 1.29 is 18.0 Å². The van der Waals surface area contributed by atoms with Crippen molar-refractivity contribution in [3.63, 3.8) is 0 Å². The van der Waals surface area contributed by atoms with Gasteiger partial charge in [0, 0.05) is 23.5 Å². The monoisotopic (exact) mass is 448 g/mol. The first kappa shape index (κ1) is 23.4. The van der Waals surface area contributed by atoms with Crippen LogP contribution in [-0.2, 0) is 11.0 Å². The maximum Gasteiger partial charge on any atom is 0.417 e. The number of alkyl halides is 3. The average Bonchev–Trinajstić information content (AvgIpc) is 2.82. The molecule has 0 spiro atoms. The number of anilines is 2. The third kappa shape index (κ3) is 5.69. The van der Waals surface area contributed by atoms with E-state index in [4.69, 9.17) is 5.26 Å². The number of benzene rings is 3. The van der Waals surface area contributed by atoms with E-state index in [9.17, 15) is 23.2 Å². The Morgan fingerprint density at radius 2 is 1.58 bits per heavy atom. The topological polar surface area (TPSA) is 88.7 Å². The molecule has 0 heterocycles. The summed E-state index contributed by atoms with van der Waals surface area (Å²) >= 11 is 0. The molecule has 0 aliphatic rings. The minimum absolute atomic E-state index is 0.0390. The number of rotatable bonds is 6. The van der Waals surface area contributed by atoms with Crippen LogP contribution in [0.4, 0.5) is 24.5 Å². The first-order valence-electron chi connectivity index (χ1n) is 9.98. The summed E-state index contributed by atoms with van der Waals surface area (Å²) in [5.41, 5.74) is 1.19. The molecular weight excluding hydrogens is 429 g/mol. The second kappa shape index (κ2) is 9.88. The zero-order chi connectivity index (χ0) is 24.0. The maximum atomic E-state index is 13.1. The number of nitrogens with one attached hydrogen (secondary N) is 2. The molecule has 0 saturated heterocycles. The van der Waals surface area contributed by atoms with Gasteiger partial charge in [0.25, 0.3) is 0 Å². The Bertz CT molecular complexity index is 1240. The minimum Gasteiger partial charge on any atom is -0.384 e. The van der Waals surface area contributed by atoms with Crippen LogP contribution in [0.15, 0.2) is 66.7 Å². The standard InChI is InChI=1S/C25H19F3N4O/c1-16(24(33)32-21-10-8-19(14-30)23(12-21)25(26,27)28)15-31-20-9-7-18(13-29)22(11-20)17-5-3-2-4-6-17/h2-12,16,31H,15H2,1H3,(H,32,33)/t16-/m1/s1. The minimum atomic E-state index is -4.70. The fraction of sp³-hybridized carbons (Fsp3) is 0.160. The molecule has 3 aromatic rings. The highest BCUT2D eigenvalue weighted by atomic mass is 19.4. The molecule has 0 fully saturated rings. The second-order valence-corrected chi connectivity index (χ2v) is 7.38. The van der Waals surface area contributed by atoms with Crippen LogP contribution in [0.2, 0.25) is 0 Å². The number of nitrogens with zero attached hydrogens (tertiary/aromatic N) is 2. The molecule has 0 aliphatic heterocycles. The predicted molar refractivity (Wildman–Crippen MR) is 119 cm³/mol. The van der Waals surface area contributed by atoms with Gasteiger partial charge in [-0.2, -0.15) is 23.7 Å². The summed E-state index contributed by atoms with van der Waals surface area (Å²) in [5, 5.41) is 23.9. The number of hydrogen-bond acceptors (Lipinski definition) is 4. The quantitative estimate of drug-likeness (QED) is 0.499. The molecule has 0 saturated carbocycles. The van der Waals surface area contributed by atoms with Crippen molar-refractivity contribution in [3.05, 3.63) is 83.4 Å². The van der Waals surface area contributed by atoms with E-state index in [0.717, 1.165) is 23.3 Å². The smallest absolute Gasteiger partial charge is 0.384 e. The molecule has 5 nitrogen and oxygen atoms in total. The van der Waals surface area contributed by atoms with E-state index < -0.39 is 29.1 Å². The Hall–Kier alpha value is -4.30. The maximum absolute atomic E-state index is 13.1. The van der Waals surface area contributed by atoms with Crippen LogP contribution in [0, 0.1) is 28.6 Å². The molecule has 8 heteroatoms. The fourth-order valence-electron chi connectivity index (χ4n) is 3.19. The molecule has 2 N–H and O–H groups in total. The summed E-state index contributed by atoms with van der Waals surface area (Å²) in [6.07, 6.45) is -4.70. The average molecular weight is 448 g/mol. The SMILES string of the molecule is C[C@H](CNc1ccc(C#N)c(-c2ccccc2)c1)C(=O)Nc1ccc(C#N)c(C(F)(F)F)c1. The predicted octanol–water partition coefficient (Wildman–Crippen LogP) is 5.80. The second-order valence-electron chi connectivity index (χ2n) is 7.38. The van der Waals surface area contributed by atoms with Crippen molar-refractivity contribution in [1.82, 2.24) is 0 Å². The molecule has 3 rings (SSSR count). The number of carbonyl (C=O) groups is 1. The molecule has 0 aromatic heterocycles. The number of halogens is 3. The molecule has 0 unspecified atom stereocenters. The van der Waals surface area contributed by atoms with Crippen molar-refractivity contribution in [2.45, 2.75) is 13.1 Å². The lowest BCUT2D eigenvalue weighted by atomic mass is 9.99. The van der Waals surface area contributed by atoms with Gasteiger partial charge in [-0.25, -0.2) is 0 Å². The first-order valence-corrected chi connectivity index (χ1v) is 9.98. The van der Waals surface area contributed by atoms with Crippen molar-refractivity contribution in [2.75, 3.05) is 17.2 Å². The highest BCUT2D eigenvalue weighted by Gasteiger charge is 2.34. The Labute approximate surface area is 189 Å². The molecule has 3 aromatic carbocycles. The Kier molecular flexibility index (Phi) is 7.00. The van der Waals surface area contributed by atoms with E-state index in [-0.39, 0.29) is 12.2 Å². The summed E-state index contributed by atoms with van der Waals surface area (Å²) in [4.78, 5) is 12.5. The van der Waals surface area contributed by atoms with Crippen molar-refractivity contribution >= 4 is 17.3 Å². The molecule has 1 atom stereocenters. The number of carbonyl (C=O) groups excluding carboxylic acids is 1. The largest absolute Gasteiger partial charge is 0.417 e. The van der Waals surface area contributed by atoms with Gasteiger partial charge in [-0.15, -0.1) is 0 Å². The van der Waals surface area contributed by atoms with Gasteiger partial charge in [0.1, 0.15) is 0 Å². The van der Waals surface area contributed by atoms with E-state index in [1.54, 1.807) is 19.1 Å². The Morgan fingerprint density at radius 1 is 0.939 bits per heavy atom. The zero-order valence-corrected chi connectivity index (χ0v) is 17.6. The lowest BCUT2D eigenvalue weighted by molar-refractivity contribution is -0.137. The molecule has 1 amide bonds. The van der Waals surface area contributed by atoms with Gasteiger partial charge in [0.2, 0.25) is 5.91 Å². The molecule has 0 aliphatic carbocycles. The van der Waals surface area contributed by atoms with Crippen molar-refractivity contribution in [2.24, 2.45) is 5.92 Å². The van der Waals surface area contributed by atoms with Crippen LogP contribution in [0.5, 0.6) is 0 Å². The van der Waals surface area contributed by atoms with Gasteiger partial charge in [0.15, 0.2) is 0 Å². The van der Waals surface area contributed by atoms with Gasteiger partial charge < -0.3 is 10.6 Å². The molecule has 166 valence electrons.